The van der Waals surface area contributed by atoms with Crippen molar-refractivity contribution in [2.24, 2.45) is 0 Å². The summed E-state index contributed by atoms with van der Waals surface area (Å²) in [6, 6.07) is 12.0. The van der Waals surface area contributed by atoms with Crippen LogP contribution in [0.2, 0.25) is 0 Å². The number of nitro benzene ring substituents is 1. The maximum atomic E-state index is 12.7. The molecule has 0 saturated carbocycles. The van der Waals surface area contributed by atoms with Crippen molar-refractivity contribution in [3.63, 3.8) is 0 Å². The van der Waals surface area contributed by atoms with Crippen LogP contribution in [0.3, 0.4) is 0 Å². The number of ether oxygens (including phenoxy) is 1. The van der Waals surface area contributed by atoms with Crippen molar-refractivity contribution >= 4 is 23.3 Å². The third-order valence-electron chi connectivity index (χ3n) is 5.12. The number of benzene rings is 2. The predicted octanol–water partition coefficient (Wildman–Crippen LogP) is 2.91. The first kappa shape index (κ1) is 20.3. The van der Waals surface area contributed by atoms with E-state index < -0.39 is 10.9 Å². The Kier molecular flexibility index (Phi) is 6.11. The van der Waals surface area contributed by atoms with Crippen LogP contribution in [0, 0.1) is 10.1 Å². The van der Waals surface area contributed by atoms with Gasteiger partial charge in [0, 0.05) is 43.5 Å². The van der Waals surface area contributed by atoms with Crippen LogP contribution in [0.1, 0.15) is 33.2 Å². The summed E-state index contributed by atoms with van der Waals surface area (Å²) in [5, 5.41) is 11.2. The molecule has 1 aliphatic rings. The maximum absolute atomic E-state index is 12.7. The molecule has 1 saturated heterocycles. The van der Waals surface area contributed by atoms with Crippen LogP contribution in [0.25, 0.3) is 0 Å². The van der Waals surface area contributed by atoms with Crippen LogP contribution < -0.4 is 4.90 Å². The van der Waals surface area contributed by atoms with E-state index in [4.69, 9.17) is 0 Å². The Labute approximate surface area is 168 Å². The molecule has 152 valence electrons. The van der Waals surface area contributed by atoms with Gasteiger partial charge in [0.05, 0.1) is 12.0 Å². The molecule has 2 aromatic rings. The number of hydrogen-bond acceptors (Lipinski definition) is 6. The van der Waals surface area contributed by atoms with Crippen molar-refractivity contribution in [2.75, 3.05) is 38.2 Å². The Balaban J connectivity index is 1.70. The molecule has 8 heteroatoms. The first-order valence-electron chi connectivity index (χ1n) is 9.44. The number of nitrogens with zero attached hydrogens (tertiary/aromatic N) is 3. The van der Waals surface area contributed by atoms with Crippen molar-refractivity contribution in [1.82, 2.24) is 4.90 Å². The number of esters is 1. The first-order valence-corrected chi connectivity index (χ1v) is 9.44. The first-order chi connectivity index (χ1) is 13.9. The lowest BCUT2D eigenvalue weighted by Crippen LogP contribution is -2.48. The van der Waals surface area contributed by atoms with Crippen LogP contribution in [-0.4, -0.2) is 55.0 Å². The highest BCUT2D eigenvalue weighted by Crippen LogP contribution is 2.26. The second kappa shape index (κ2) is 8.72. The van der Waals surface area contributed by atoms with E-state index in [2.05, 4.69) is 11.7 Å². The maximum Gasteiger partial charge on any atom is 0.344 e. The molecule has 1 amide bonds. The summed E-state index contributed by atoms with van der Waals surface area (Å²) in [5.74, 6) is -0.755. The zero-order chi connectivity index (χ0) is 21.0. The highest BCUT2D eigenvalue weighted by atomic mass is 16.6. The number of hydrogen-bond donors (Lipinski definition) is 0. The Morgan fingerprint density at radius 1 is 1.07 bits per heavy atom. The van der Waals surface area contributed by atoms with E-state index in [0.29, 0.717) is 37.4 Å². The number of amides is 1. The van der Waals surface area contributed by atoms with Gasteiger partial charge in [0.2, 0.25) is 0 Å². The quantitative estimate of drug-likeness (QED) is 0.438. The fraction of sp³-hybridized carbons (Fsp3) is 0.333. The summed E-state index contributed by atoms with van der Waals surface area (Å²) in [6.45, 7) is 4.26. The number of carbonyl (C=O) groups excluding carboxylic acids is 2. The van der Waals surface area contributed by atoms with Crippen molar-refractivity contribution in [1.29, 1.82) is 0 Å². The van der Waals surface area contributed by atoms with Gasteiger partial charge in [-0.15, -0.1) is 0 Å². The molecule has 0 aliphatic carbocycles. The highest BCUT2D eigenvalue weighted by Gasteiger charge is 2.26. The van der Waals surface area contributed by atoms with Crippen LogP contribution >= 0.6 is 0 Å². The number of nitro groups is 1. The van der Waals surface area contributed by atoms with E-state index in [9.17, 15) is 19.7 Å². The van der Waals surface area contributed by atoms with Gasteiger partial charge in [-0.05, 0) is 36.2 Å². The normalized spacial score (nSPS) is 13.9. The molecule has 29 heavy (non-hydrogen) atoms. The van der Waals surface area contributed by atoms with E-state index >= 15 is 0 Å². The minimum absolute atomic E-state index is 0.00810. The lowest BCUT2D eigenvalue weighted by Gasteiger charge is -2.36. The van der Waals surface area contributed by atoms with Crippen molar-refractivity contribution in [3.05, 3.63) is 69.3 Å². The third-order valence-corrected chi connectivity index (χ3v) is 5.12. The molecule has 0 N–H and O–H groups in total. The van der Waals surface area contributed by atoms with E-state index in [1.165, 1.54) is 24.8 Å². The van der Waals surface area contributed by atoms with Gasteiger partial charge in [0.25, 0.3) is 11.6 Å². The molecule has 3 rings (SSSR count). The van der Waals surface area contributed by atoms with Gasteiger partial charge in [0.1, 0.15) is 5.56 Å². The minimum atomic E-state index is -0.747. The van der Waals surface area contributed by atoms with Gasteiger partial charge >= 0.3 is 5.97 Å². The molecule has 0 aromatic heterocycles. The monoisotopic (exact) mass is 397 g/mol. The number of aryl methyl sites for hydroxylation is 1. The number of methoxy groups -OCH3 is 1. The third kappa shape index (κ3) is 4.37. The lowest BCUT2D eigenvalue weighted by molar-refractivity contribution is -0.385. The van der Waals surface area contributed by atoms with Gasteiger partial charge in [-0.3, -0.25) is 14.9 Å². The molecule has 0 unspecified atom stereocenters. The average molecular weight is 397 g/mol. The fourth-order valence-electron chi connectivity index (χ4n) is 3.39. The molecule has 1 fully saturated rings. The summed E-state index contributed by atoms with van der Waals surface area (Å²) in [5.41, 5.74) is 2.18. The van der Waals surface area contributed by atoms with E-state index in [1.807, 2.05) is 29.2 Å². The molecule has 2 aromatic carbocycles. The molecule has 8 nitrogen and oxygen atoms in total. The number of rotatable bonds is 5. The van der Waals surface area contributed by atoms with Crippen LogP contribution in [0.4, 0.5) is 11.4 Å². The Bertz CT molecular complexity index is 918. The SMILES string of the molecule is CCc1ccc(C(=O)N2CCN(c3ccc([N+](=O)[O-])c(C(=O)OC)c3)CC2)cc1. The molecule has 0 atom stereocenters. The zero-order valence-corrected chi connectivity index (χ0v) is 16.5. The minimum Gasteiger partial charge on any atom is -0.465 e. The topological polar surface area (TPSA) is 93.0 Å². The summed E-state index contributed by atoms with van der Waals surface area (Å²) >= 11 is 0. The smallest absolute Gasteiger partial charge is 0.344 e. The Morgan fingerprint density at radius 3 is 2.28 bits per heavy atom. The van der Waals surface area contributed by atoms with Crippen LogP contribution in [-0.2, 0) is 11.2 Å². The molecular formula is C21H23N3O5. The lowest BCUT2D eigenvalue weighted by atomic mass is 10.1. The molecule has 0 spiro atoms. The van der Waals surface area contributed by atoms with Crippen LogP contribution in [0.15, 0.2) is 42.5 Å². The zero-order valence-electron chi connectivity index (χ0n) is 16.5. The Morgan fingerprint density at radius 2 is 1.72 bits per heavy atom. The number of piperazine rings is 1. The summed E-state index contributed by atoms with van der Waals surface area (Å²) in [7, 11) is 1.19. The van der Waals surface area contributed by atoms with Crippen LogP contribution in [0.5, 0.6) is 0 Å². The largest absolute Gasteiger partial charge is 0.465 e. The van der Waals surface area contributed by atoms with E-state index in [0.717, 1.165) is 6.42 Å². The summed E-state index contributed by atoms with van der Waals surface area (Å²) in [4.78, 5) is 39.0. The van der Waals surface area contributed by atoms with Gasteiger partial charge < -0.3 is 14.5 Å². The van der Waals surface area contributed by atoms with Gasteiger partial charge in [-0.1, -0.05) is 19.1 Å². The van der Waals surface area contributed by atoms with Gasteiger partial charge in [-0.25, -0.2) is 4.79 Å². The summed E-state index contributed by atoms with van der Waals surface area (Å²) in [6.07, 6.45) is 0.927. The number of carbonyl (C=O) groups is 2. The standard InChI is InChI=1S/C21H23N3O5/c1-3-15-4-6-16(7-5-15)20(25)23-12-10-22(11-13-23)17-8-9-19(24(27)28)18(14-17)21(26)29-2/h4-9,14H,3,10-13H2,1-2H3. The molecule has 0 bridgehead atoms. The summed E-state index contributed by atoms with van der Waals surface area (Å²) < 4.78 is 4.67. The molecule has 1 aliphatic heterocycles. The average Bonchev–Trinajstić information content (AvgIpc) is 2.77. The Hall–Kier alpha value is -3.42. The molecular weight excluding hydrogens is 374 g/mol. The molecule has 1 heterocycles. The fourth-order valence-corrected chi connectivity index (χ4v) is 3.39. The predicted molar refractivity (Wildman–Crippen MR) is 108 cm³/mol. The van der Waals surface area contributed by atoms with Gasteiger partial charge in [-0.2, -0.15) is 0 Å². The van der Waals surface area contributed by atoms with E-state index in [-0.39, 0.29) is 17.2 Å². The van der Waals surface area contributed by atoms with Gasteiger partial charge in [0.15, 0.2) is 0 Å². The van der Waals surface area contributed by atoms with Crippen molar-refractivity contribution in [3.8, 4) is 0 Å². The second-order valence-corrected chi connectivity index (χ2v) is 6.78. The molecule has 0 radical (unpaired) electrons. The number of anilines is 1. The highest BCUT2D eigenvalue weighted by molar-refractivity contribution is 5.95. The second-order valence-electron chi connectivity index (χ2n) is 6.78. The van der Waals surface area contributed by atoms with Crippen molar-refractivity contribution < 1.29 is 19.2 Å². The van der Waals surface area contributed by atoms with E-state index in [1.54, 1.807) is 11.0 Å². The van der Waals surface area contributed by atoms with Crippen molar-refractivity contribution in [2.45, 2.75) is 13.3 Å².